The van der Waals surface area contributed by atoms with Gasteiger partial charge in [0.15, 0.2) is 22.2 Å². The molecule has 4 aromatic rings. The van der Waals surface area contributed by atoms with Gasteiger partial charge in [-0.1, -0.05) is 42.1 Å². The van der Waals surface area contributed by atoms with Crippen molar-refractivity contribution in [1.29, 1.82) is 0 Å². The van der Waals surface area contributed by atoms with Crippen LogP contribution in [0, 0.1) is 0 Å². The van der Waals surface area contributed by atoms with Crippen LogP contribution in [-0.4, -0.2) is 33.5 Å². The minimum absolute atomic E-state index is 0.0955. The van der Waals surface area contributed by atoms with E-state index in [2.05, 4.69) is 15.5 Å². The van der Waals surface area contributed by atoms with E-state index in [1.807, 2.05) is 66.1 Å². The first-order valence-electron chi connectivity index (χ1n) is 9.17. The Hall–Kier alpha value is -3.26. The number of aromatic nitrogens is 3. The lowest BCUT2D eigenvalue weighted by Crippen LogP contribution is -2.14. The molecule has 0 saturated heterocycles. The van der Waals surface area contributed by atoms with Gasteiger partial charge in [-0.3, -0.25) is 9.36 Å². The SMILES string of the molecule is CCn1c(SCC(=O)Nc2ccccc2)nnc1-c1cc2cccc(OC)c2o1. The molecule has 8 heteroatoms. The molecular formula is C21H20N4O3S. The molecular weight excluding hydrogens is 388 g/mol. The van der Waals surface area contributed by atoms with E-state index in [9.17, 15) is 4.79 Å². The number of benzene rings is 2. The monoisotopic (exact) mass is 408 g/mol. The molecule has 0 aliphatic carbocycles. The number of nitrogens with one attached hydrogen (secondary N) is 1. The van der Waals surface area contributed by atoms with Crippen LogP contribution in [0.25, 0.3) is 22.6 Å². The Morgan fingerprint density at radius 2 is 2.00 bits per heavy atom. The van der Waals surface area contributed by atoms with Crippen molar-refractivity contribution in [2.75, 3.05) is 18.2 Å². The maximum Gasteiger partial charge on any atom is 0.234 e. The number of nitrogens with zero attached hydrogens (tertiary/aromatic N) is 3. The van der Waals surface area contributed by atoms with Gasteiger partial charge in [0.05, 0.1) is 12.9 Å². The number of rotatable bonds is 7. The van der Waals surface area contributed by atoms with E-state index in [1.165, 1.54) is 11.8 Å². The number of carbonyl (C=O) groups excluding carboxylic acids is 1. The molecule has 0 radical (unpaired) electrons. The van der Waals surface area contributed by atoms with Crippen LogP contribution in [0.5, 0.6) is 5.75 Å². The lowest BCUT2D eigenvalue weighted by molar-refractivity contribution is -0.113. The van der Waals surface area contributed by atoms with E-state index in [-0.39, 0.29) is 11.7 Å². The van der Waals surface area contributed by atoms with Crippen LogP contribution in [0.15, 0.2) is 64.2 Å². The molecule has 0 aliphatic heterocycles. The van der Waals surface area contributed by atoms with Gasteiger partial charge in [0, 0.05) is 17.6 Å². The molecule has 0 unspecified atom stereocenters. The van der Waals surface area contributed by atoms with Crippen molar-refractivity contribution in [3.05, 3.63) is 54.6 Å². The molecule has 29 heavy (non-hydrogen) atoms. The van der Waals surface area contributed by atoms with E-state index in [0.29, 0.717) is 34.6 Å². The summed E-state index contributed by atoms with van der Waals surface area (Å²) in [6, 6.07) is 17.0. The minimum Gasteiger partial charge on any atom is -0.493 e. The van der Waals surface area contributed by atoms with Crippen LogP contribution in [0.3, 0.4) is 0 Å². The maximum absolute atomic E-state index is 12.2. The zero-order valence-corrected chi connectivity index (χ0v) is 16.9. The Morgan fingerprint density at radius 3 is 2.76 bits per heavy atom. The number of hydrogen-bond donors (Lipinski definition) is 1. The number of thioether (sulfide) groups is 1. The second-order valence-corrected chi connectivity index (χ2v) is 7.19. The van der Waals surface area contributed by atoms with Crippen LogP contribution in [0.2, 0.25) is 0 Å². The van der Waals surface area contributed by atoms with E-state index < -0.39 is 0 Å². The highest BCUT2D eigenvalue weighted by molar-refractivity contribution is 7.99. The Kier molecular flexibility index (Phi) is 5.53. The molecule has 4 rings (SSSR count). The second kappa shape index (κ2) is 8.40. The van der Waals surface area contributed by atoms with Crippen LogP contribution < -0.4 is 10.1 Å². The van der Waals surface area contributed by atoms with Gasteiger partial charge in [-0.25, -0.2) is 0 Å². The molecule has 0 aliphatic rings. The number of hydrogen-bond acceptors (Lipinski definition) is 6. The molecule has 0 saturated carbocycles. The normalized spacial score (nSPS) is 11.0. The number of methoxy groups -OCH3 is 1. The Labute approximate surface area is 172 Å². The number of ether oxygens (including phenoxy) is 1. The number of amides is 1. The minimum atomic E-state index is -0.0955. The first-order chi connectivity index (χ1) is 14.2. The molecule has 1 amide bonds. The summed E-state index contributed by atoms with van der Waals surface area (Å²) in [6.45, 7) is 2.66. The van der Waals surface area contributed by atoms with Crippen molar-refractivity contribution >= 4 is 34.3 Å². The molecule has 0 atom stereocenters. The molecule has 1 N–H and O–H groups in total. The average Bonchev–Trinajstić information content (AvgIpc) is 3.36. The summed E-state index contributed by atoms with van der Waals surface area (Å²) in [5.41, 5.74) is 1.44. The van der Waals surface area contributed by atoms with Gasteiger partial charge in [-0.05, 0) is 31.2 Å². The van der Waals surface area contributed by atoms with Crippen LogP contribution in [0.4, 0.5) is 5.69 Å². The third kappa shape index (κ3) is 3.97. The van der Waals surface area contributed by atoms with Gasteiger partial charge in [0.2, 0.25) is 11.7 Å². The van der Waals surface area contributed by atoms with Gasteiger partial charge in [0.1, 0.15) is 0 Å². The summed E-state index contributed by atoms with van der Waals surface area (Å²) in [4.78, 5) is 12.2. The fourth-order valence-corrected chi connectivity index (χ4v) is 3.82. The van der Waals surface area contributed by atoms with E-state index in [1.54, 1.807) is 7.11 Å². The lowest BCUT2D eigenvalue weighted by Gasteiger charge is -2.06. The Balaban J connectivity index is 1.53. The van der Waals surface area contributed by atoms with Crippen molar-refractivity contribution in [1.82, 2.24) is 14.8 Å². The highest BCUT2D eigenvalue weighted by Crippen LogP contribution is 2.33. The lowest BCUT2D eigenvalue weighted by atomic mass is 10.2. The van der Waals surface area contributed by atoms with Crippen molar-refractivity contribution in [3.8, 4) is 17.3 Å². The summed E-state index contributed by atoms with van der Waals surface area (Å²) < 4.78 is 13.3. The van der Waals surface area contributed by atoms with Crippen molar-refractivity contribution in [2.24, 2.45) is 0 Å². The van der Waals surface area contributed by atoms with Crippen molar-refractivity contribution in [2.45, 2.75) is 18.6 Å². The fraction of sp³-hybridized carbons (Fsp3) is 0.190. The van der Waals surface area contributed by atoms with Gasteiger partial charge in [-0.15, -0.1) is 10.2 Å². The van der Waals surface area contributed by atoms with E-state index >= 15 is 0 Å². The molecule has 2 aromatic heterocycles. The number of anilines is 1. The average molecular weight is 408 g/mol. The Morgan fingerprint density at radius 1 is 1.17 bits per heavy atom. The standard InChI is InChI=1S/C21H20N4O3S/c1-3-25-20(17-12-14-8-7-11-16(27-2)19(14)28-17)23-24-21(25)29-13-18(26)22-15-9-5-4-6-10-15/h4-12H,3,13H2,1-2H3,(H,22,26). The molecule has 2 aromatic carbocycles. The van der Waals surface area contributed by atoms with Crippen LogP contribution in [0.1, 0.15) is 6.92 Å². The smallest absolute Gasteiger partial charge is 0.234 e. The third-order valence-corrected chi connectivity index (χ3v) is 5.34. The van der Waals surface area contributed by atoms with Gasteiger partial charge in [-0.2, -0.15) is 0 Å². The van der Waals surface area contributed by atoms with Gasteiger partial charge < -0.3 is 14.5 Å². The molecule has 2 heterocycles. The quantitative estimate of drug-likeness (QED) is 0.455. The highest BCUT2D eigenvalue weighted by atomic mass is 32.2. The number of fused-ring (bicyclic) bond motifs is 1. The summed E-state index contributed by atoms with van der Waals surface area (Å²) in [6.07, 6.45) is 0. The van der Waals surface area contributed by atoms with Crippen LogP contribution in [-0.2, 0) is 11.3 Å². The first-order valence-corrected chi connectivity index (χ1v) is 10.2. The van der Waals surface area contributed by atoms with Crippen molar-refractivity contribution in [3.63, 3.8) is 0 Å². The molecule has 148 valence electrons. The van der Waals surface area contributed by atoms with E-state index in [4.69, 9.17) is 9.15 Å². The van der Waals surface area contributed by atoms with Crippen LogP contribution >= 0.6 is 11.8 Å². The third-order valence-electron chi connectivity index (χ3n) is 4.37. The summed E-state index contributed by atoms with van der Waals surface area (Å²) in [5.74, 6) is 2.04. The fourth-order valence-electron chi connectivity index (χ4n) is 3.02. The Bertz CT molecular complexity index is 1140. The number of para-hydroxylation sites is 2. The molecule has 7 nitrogen and oxygen atoms in total. The first kappa shape index (κ1) is 19.1. The summed E-state index contributed by atoms with van der Waals surface area (Å²) in [7, 11) is 1.61. The van der Waals surface area contributed by atoms with E-state index in [0.717, 1.165) is 11.1 Å². The maximum atomic E-state index is 12.2. The zero-order valence-electron chi connectivity index (χ0n) is 16.1. The summed E-state index contributed by atoms with van der Waals surface area (Å²) in [5, 5.41) is 13.0. The van der Waals surface area contributed by atoms with Gasteiger partial charge >= 0.3 is 0 Å². The predicted octanol–water partition coefficient (Wildman–Crippen LogP) is 4.45. The largest absolute Gasteiger partial charge is 0.493 e. The number of carbonyl (C=O) groups is 1. The summed E-state index contributed by atoms with van der Waals surface area (Å²) >= 11 is 1.34. The molecule has 0 fully saturated rings. The zero-order chi connectivity index (χ0) is 20.2. The van der Waals surface area contributed by atoms with Gasteiger partial charge in [0.25, 0.3) is 0 Å². The second-order valence-electron chi connectivity index (χ2n) is 6.24. The number of furan rings is 1. The molecule has 0 bridgehead atoms. The topological polar surface area (TPSA) is 82.2 Å². The predicted molar refractivity (Wildman–Crippen MR) is 113 cm³/mol. The van der Waals surface area contributed by atoms with Crippen molar-refractivity contribution < 1.29 is 13.9 Å². The highest BCUT2D eigenvalue weighted by Gasteiger charge is 2.19. The molecule has 0 spiro atoms.